The fraction of sp³-hybridized carbons (Fsp3) is 0.240. The lowest BCUT2D eigenvalue weighted by atomic mass is 9.98. The van der Waals surface area contributed by atoms with Crippen LogP contribution in [0.15, 0.2) is 65.3 Å². The lowest BCUT2D eigenvalue weighted by molar-refractivity contribution is -0.117. The molecular weight excluding hydrogens is 406 g/mol. The van der Waals surface area contributed by atoms with Crippen LogP contribution in [-0.4, -0.2) is 49.3 Å². The molecular formula is C25H25N3O4. The molecule has 32 heavy (non-hydrogen) atoms. The summed E-state index contributed by atoms with van der Waals surface area (Å²) in [6.07, 6.45) is 1.47. The Morgan fingerprint density at radius 3 is 2.38 bits per heavy atom. The summed E-state index contributed by atoms with van der Waals surface area (Å²) in [6, 6.07) is 16.1. The molecule has 0 aliphatic carbocycles. The Morgan fingerprint density at radius 2 is 1.72 bits per heavy atom. The summed E-state index contributed by atoms with van der Waals surface area (Å²) in [5.74, 6) is -0.199. The van der Waals surface area contributed by atoms with Gasteiger partial charge in [0.15, 0.2) is 5.76 Å². The van der Waals surface area contributed by atoms with Gasteiger partial charge in [0.2, 0.25) is 5.91 Å². The molecule has 1 aliphatic rings. The van der Waals surface area contributed by atoms with Gasteiger partial charge < -0.3 is 19.1 Å². The maximum atomic E-state index is 13.2. The molecule has 1 aliphatic heterocycles. The van der Waals surface area contributed by atoms with Crippen LogP contribution in [0.2, 0.25) is 0 Å². The first-order valence-electron chi connectivity index (χ1n) is 10.4. The molecule has 3 aromatic rings. The van der Waals surface area contributed by atoms with Gasteiger partial charge in [-0.3, -0.25) is 14.4 Å². The molecule has 0 saturated heterocycles. The minimum atomic E-state index is -0.264. The van der Waals surface area contributed by atoms with Crippen molar-refractivity contribution < 1.29 is 18.8 Å². The van der Waals surface area contributed by atoms with Gasteiger partial charge in [0.25, 0.3) is 11.8 Å². The number of rotatable bonds is 3. The van der Waals surface area contributed by atoms with Crippen molar-refractivity contribution in [3.8, 4) is 11.1 Å². The van der Waals surface area contributed by atoms with Crippen molar-refractivity contribution in [3.05, 3.63) is 72.2 Å². The Kier molecular flexibility index (Phi) is 5.57. The fourth-order valence-corrected chi connectivity index (χ4v) is 4.10. The summed E-state index contributed by atoms with van der Waals surface area (Å²) in [4.78, 5) is 42.9. The van der Waals surface area contributed by atoms with E-state index in [4.69, 9.17) is 4.42 Å². The second-order valence-electron chi connectivity index (χ2n) is 8.11. The van der Waals surface area contributed by atoms with Gasteiger partial charge in [0.05, 0.1) is 23.7 Å². The number of carbonyl (C=O) groups excluding carboxylic acids is 3. The van der Waals surface area contributed by atoms with Crippen molar-refractivity contribution in [2.24, 2.45) is 0 Å². The summed E-state index contributed by atoms with van der Waals surface area (Å²) in [5.41, 5.74) is 3.56. The number of fused-ring (bicyclic) bond motifs is 1. The van der Waals surface area contributed by atoms with Gasteiger partial charge in [-0.1, -0.05) is 18.2 Å². The monoisotopic (exact) mass is 431 g/mol. The lowest BCUT2D eigenvalue weighted by Gasteiger charge is -2.40. The topological polar surface area (TPSA) is 74.1 Å². The van der Waals surface area contributed by atoms with Crippen molar-refractivity contribution in [1.29, 1.82) is 0 Å². The van der Waals surface area contributed by atoms with E-state index in [2.05, 4.69) is 0 Å². The maximum absolute atomic E-state index is 13.2. The second kappa shape index (κ2) is 8.34. The minimum absolute atomic E-state index is 0.0870. The smallest absolute Gasteiger partial charge is 0.294 e. The molecule has 4 rings (SSSR count). The van der Waals surface area contributed by atoms with Gasteiger partial charge in [0.1, 0.15) is 0 Å². The van der Waals surface area contributed by atoms with E-state index in [0.29, 0.717) is 23.5 Å². The van der Waals surface area contributed by atoms with E-state index in [9.17, 15) is 14.4 Å². The predicted molar refractivity (Wildman–Crippen MR) is 123 cm³/mol. The molecule has 0 radical (unpaired) electrons. The van der Waals surface area contributed by atoms with Gasteiger partial charge in [-0.05, 0) is 54.4 Å². The van der Waals surface area contributed by atoms with Gasteiger partial charge in [-0.2, -0.15) is 0 Å². The van der Waals surface area contributed by atoms with Crippen LogP contribution in [-0.2, 0) is 4.79 Å². The molecule has 164 valence electrons. The number of nitrogens with zero attached hydrogens (tertiary/aromatic N) is 3. The molecule has 1 aromatic heterocycles. The normalized spacial score (nSPS) is 15.3. The average Bonchev–Trinajstić information content (AvgIpc) is 3.32. The predicted octanol–water partition coefficient (Wildman–Crippen LogP) is 4.05. The number of amides is 3. The summed E-state index contributed by atoms with van der Waals surface area (Å²) in [5, 5.41) is 0. The van der Waals surface area contributed by atoms with Crippen LogP contribution in [0, 0.1) is 0 Å². The van der Waals surface area contributed by atoms with Crippen LogP contribution in [0.1, 0.15) is 34.8 Å². The second-order valence-corrected chi connectivity index (χ2v) is 8.11. The summed E-state index contributed by atoms with van der Waals surface area (Å²) < 4.78 is 5.34. The first-order valence-corrected chi connectivity index (χ1v) is 10.4. The molecule has 0 spiro atoms. The minimum Gasteiger partial charge on any atom is -0.459 e. The van der Waals surface area contributed by atoms with Gasteiger partial charge >= 0.3 is 0 Å². The zero-order valence-corrected chi connectivity index (χ0v) is 18.5. The van der Waals surface area contributed by atoms with Crippen molar-refractivity contribution >= 4 is 29.1 Å². The molecule has 0 saturated carbocycles. The van der Waals surface area contributed by atoms with Crippen LogP contribution in [0.3, 0.4) is 0 Å². The number of carbonyl (C=O) groups is 3. The number of benzene rings is 2. The number of furan rings is 1. The van der Waals surface area contributed by atoms with E-state index < -0.39 is 0 Å². The Bertz CT molecular complexity index is 1180. The highest BCUT2D eigenvalue weighted by molar-refractivity contribution is 6.10. The highest BCUT2D eigenvalue weighted by Gasteiger charge is 2.35. The lowest BCUT2D eigenvalue weighted by Crippen LogP contribution is -2.51. The highest BCUT2D eigenvalue weighted by Crippen LogP contribution is 2.39. The third kappa shape index (κ3) is 3.77. The number of anilines is 2. The Morgan fingerprint density at radius 1 is 0.969 bits per heavy atom. The summed E-state index contributed by atoms with van der Waals surface area (Å²) in [6.45, 7) is 3.78. The van der Waals surface area contributed by atoms with Crippen molar-refractivity contribution in [3.63, 3.8) is 0 Å². The standard InChI is InChI=1S/C25H25N3O4/c1-16-15-27(25(31)23-9-6-12-32-23)22-14-19(10-11-21(22)28(16)17(2)29)18-7-5-8-20(13-18)24(30)26(3)4/h5-14,16H,15H2,1-4H3. The molecule has 1 atom stereocenters. The van der Waals surface area contributed by atoms with Crippen molar-refractivity contribution in [2.45, 2.75) is 19.9 Å². The van der Waals surface area contributed by atoms with Gasteiger partial charge in [-0.25, -0.2) is 0 Å². The summed E-state index contributed by atoms with van der Waals surface area (Å²) in [7, 11) is 3.42. The third-order valence-corrected chi connectivity index (χ3v) is 5.58. The molecule has 7 nitrogen and oxygen atoms in total. The van der Waals surface area contributed by atoms with E-state index in [1.807, 2.05) is 43.3 Å². The van der Waals surface area contributed by atoms with Crippen LogP contribution in [0.25, 0.3) is 11.1 Å². The van der Waals surface area contributed by atoms with E-state index in [1.54, 1.807) is 42.1 Å². The fourth-order valence-electron chi connectivity index (χ4n) is 4.10. The molecule has 0 fully saturated rings. The van der Waals surface area contributed by atoms with Crippen LogP contribution < -0.4 is 9.80 Å². The molecule has 2 heterocycles. The van der Waals surface area contributed by atoms with Crippen LogP contribution >= 0.6 is 0 Å². The molecule has 7 heteroatoms. The Labute approximate surface area is 186 Å². The zero-order valence-electron chi connectivity index (χ0n) is 18.5. The number of hydrogen-bond donors (Lipinski definition) is 0. The third-order valence-electron chi connectivity index (χ3n) is 5.58. The first kappa shape index (κ1) is 21.4. The molecule has 2 aromatic carbocycles. The maximum Gasteiger partial charge on any atom is 0.294 e. The van der Waals surface area contributed by atoms with Crippen LogP contribution in [0.4, 0.5) is 11.4 Å². The van der Waals surface area contributed by atoms with Crippen molar-refractivity contribution in [1.82, 2.24) is 4.90 Å². The van der Waals surface area contributed by atoms with Gasteiger partial charge in [0, 0.05) is 33.1 Å². The quantitative estimate of drug-likeness (QED) is 0.627. The summed E-state index contributed by atoms with van der Waals surface area (Å²) >= 11 is 0. The Balaban J connectivity index is 1.82. The Hall–Kier alpha value is -3.87. The van der Waals surface area contributed by atoms with Gasteiger partial charge in [-0.15, -0.1) is 0 Å². The molecule has 3 amide bonds. The van der Waals surface area contributed by atoms with E-state index in [0.717, 1.165) is 11.1 Å². The largest absolute Gasteiger partial charge is 0.459 e. The average molecular weight is 431 g/mol. The molecule has 0 bridgehead atoms. The zero-order chi connectivity index (χ0) is 23.0. The van der Waals surface area contributed by atoms with Crippen LogP contribution in [0.5, 0.6) is 0 Å². The molecule has 1 unspecified atom stereocenters. The number of hydrogen-bond acceptors (Lipinski definition) is 4. The first-order chi connectivity index (χ1) is 15.3. The molecule has 0 N–H and O–H groups in total. The van der Waals surface area contributed by atoms with E-state index >= 15 is 0 Å². The van der Waals surface area contributed by atoms with E-state index in [-0.39, 0.29) is 29.5 Å². The van der Waals surface area contributed by atoms with E-state index in [1.165, 1.54) is 18.1 Å². The SMILES string of the molecule is CC(=O)N1c2ccc(-c3cccc(C(=O)N(C)C)c3)cc2N(C(=O)c2ccco2)CC1C. The highest BCUT2D eigenvalue weighted by atomic mass is 16.3. The van der Waals surface area contributed by atoms with Crippen molar-refractivity contribution in [2.75, 3.05) is 30.4 Å².